The molecule has 0 bridgehead atoms. The lowest BCUT2D eigenvalue weighted by Crippen LogP contribution is -2.38. The number of hydrogen-bond donors (Lipinski definition) is 1. The van der Waals surface area contributed by atoms with Crippen molar-refractivity contribution in [2.24, 2.45) is 11.8 Å². The molecule has 1 saturated carbocycles. The van der Waals surface area contributed by atoms with Crippen LogP contribution in [0.5, 0.6) is 0 Å². The van der Waals surface area contributed by atoms with E-state index in [-0.39, 0.29) is 36.1 Å². The molecule has 3 amide bonds. The Morgan fingerprint density at radius 3 is 2.37 bits per heavy atom. The van der Waals surface area contributed by atoms with Crippen molar-refractivity contribution in [1.82, 2.24) is 9.88 Å². The second kappa shape index (κ2) is 8.68. The smallest absolute Gasteiger partial charge is 0.246 e. The van der Waals surface area contributed by atoms with Gasteiger partial charge in [-0.25, -0.2) is 4.98 Å². The highest BCUT2D eigenvalue weighted by Gasteiger charge is 2.48. The number of thiazole rings is 1. The van der Waals surface area contributed by atoms with Crippen molar-refractivity contribution < 1.29 is 14.4 Å². The third kappa shape index (κ3) is 4.03. The number of fused-ring (bicyclic) bond motifs is 1. The van der Waals surface area contributed by atoms with Crippen molar-refractivity contribution in [3.63, 3.8) is 0 Å². The normalized spacial score (nSPS) is 21.1. The molecule has 2 atom stereocenters. The molecule has 6 nitrogen and oxygen atoms in total. The molecule has 7 heteroatoms. The quantitative estimate of drug-likeness (QED) is 0.704. The van der Waals surface area contributed by atoms with Gasteiger partial charge < -0.3 is 5.32 Å². The van der Waals surface area contributed by atoms with Crippen LogP contribution in [0.25, 0.3) is 11.3 Å². The zero-order valence-electron chi connectivity index (χ0n) is 17.4. The van der Waals surface area contributed by atoms with Gasteiger partial charge in [0.1, 0.15) is 6.54 Å². The Balaban J connectivity index is 1.42. The molecule has 0 spiro atoms. The Kier molecular flexibility index (Phi) is 5.99. The third-order valence-corrected chi connectivity index (χ3v) is 6.93. The van der Waals surface area contributed by atoms with Crippen molar-refractivity contribution in [2.75, 3.05) is 11.9 Å². The largest absolute Gasteiger partial charge is 0.300 e. The van der Waals surface area contributed by atoms with E-state index in [4.69, 9.17) is 0 Å². The van der Waals surface area contributed by atoms with Crippen LogP contribution >= 0.6 is 11.3 Å². The van der Waals surface area contributed by atoms with E-state index in [0.29, 0.717) is 5.13 Å². The summed E-state index contributed by atoms with van der Waals surface area (Å²) in [5.74, 6) is -1.23. The minimum atomic E-state index is -0.381. The number of amides is 3. The van der Waals surface area contributed by atoms with Gasteiger partial charge in [0.25, 0.3) is 0 Å². The molecule has 1 aliphatic carbocycles. The lowest BCUT2D eigenvalue weighted by Gasteiger charge is -2.19. The first kappa shape index (κ1) is 20.7. The highest BCUT2D eigenvalue weighted by Crippen LogP contribution is 2.38. The highest BCUT2D eigenvalue weighted by molar-refractivity contribution is 7.16. The average Bonchev–Trinajstić information content (AvgIpc) is 3.21. The number of nitrogens with zero attached hydrogens (tertiary/aromatic N) is 2. The summed E-state index contributed by atoms with van der Waals surface area (Å²) < 4.78 is 0. The van der Waals surface area contributed by atoms with Crippen LogP contribution in [0.2, 0.25) is 0 Å². The Morgan fingerprint density at radius 1 is 1.13 bits per heavy atom. The number of rotatable bonds is 6. The summed E-state index contributed by atoms with van der Waals surface area (Å²) in [5, 5.41) is 3.26. The number of imide groups is 1. The van der Waals surface area contributed by atoms with Crippen molar-refractivity contribution >= 4 is 34.2 Å². The molecule has 2 heterocycles. The van der Waals surface area contributed by atoms with Crippen LogP contribution in [0, 0.1) is 18.8 Å². The van der Waals surface area contributed by atoms with E-state index in [2.05, 4.69) is 41.5 Å². The van der Waals surface area contributed by atoms with Crippen molar-refractivity contribution in [2.45, 2.75) is 52.4 Å². The minimum Gasteiger partial charge on any atom is -0.300 e. The first-order valence-electron chi connectivity index (χ1n) is 10.7. The molecule has 1 aliphatic heterocycles. The number of carbonyl (C=O) groups excluding carboxylic acids is 3. The average molecular weight is 426 g/mol. The van der Waals surface area contributed by atoms with E-state index in [9.17, 15) is 14.4 Å². The SMILES string of the molecule is CCCc1ccc(-c2nc(NC(=O)CN3C(=O)C4CCCCC4C3=O)sc2C)cc1. The molecule has 2 aromatic rings. The van der Waals surface area contributed by atoms with Crippen molar-refractivity contribution in [3.8, 4) is 11.3 Å². The van der Waals surface area contributed by atoms with Gasteiger partial charge in [0.2, 0.25) is 17.7 Å². The third-order valence-electron chi connectivity index (χ3n) is 6.04. The Bertz CT molecular complexity index is 943. The predicted molar refractivity (Wildman–Crippen MR) is 117 cm³/mol. The van der Waals surface area contributed by atoms with Crippen LogP contribution in [-0.2, 0) is 20.8 Å². The van der Waals surface area contributed by atoms with Crippen molar-refractivity contribution in [3.05, 3.63) is 34.7 Å². The number of hydrogen-bond acceptors (Lipinski definition) is 5. The van der Waals surface area contributed by atoms with Gasteiger partial charge in [-0.3, -0.25) is 19.3 Å². The maximum Gasteiger partial charge on any atom is 0.246 e. The molecule has 1 aromatic heterocycles. The summed E-state index contributed by atoms with van der Waals surface area (Å²) >= 11 is 1.40. The topological polar surface area (TPSA) is 79.4 Å². The lowest BCUT2D eigenvalue weighted by atomic mass is 9.81. The first-order valence-corrected chi connectivity index (χ1v) is 11.5. The second-order valence-electron chi connectivity index (χ2n) is 8.18. The molecule has 2 aliphatic rings. The van der Waals surface area contributed by atoms with E-state index >= 15 is 0 Å². The summed E-state index contributed by atoms with van der Waals surface area (Å²) in [5.41, 5.74) is 3.15. The number of carbonyl (C=O) groups is 3. The van der Waals surface area contributed by atoms with Crippen LogP contribution in [0.3, 0.4) is 0 Å². The summed E-state index contributed by atoms with van der Waals surface area (Å²) in [4.78, 5) is 44.4. The molecule has 0 radical (unpaired) electrons. The van der Waals surface area contributed by atoms with E-state index in [1.54, 1.807) is 0 Å². The monoisotopic (exact) mass is 425 g/mol. The fraction of sp³-hybridized carbons (Fsp3) is 0.478. The maximum atomic E-state index is 12.6. The Morgan fingerprint density at radius 2 is 1.77 bits per heavy atom. The number of nitrogens with one attached hydrogen (secondary N) is 1. The molecule has 1 N–H and O–H groups in total. The molecule has 1 saturated heterocycles. The van der Waals surface area contributed by atoms with Gasteiger partial charge in [0, 0.05) is 10.4 Å². The number of likely N-dealkylation sites (tertiary alicyclic amines) is 1. The number of anilines is 1. The molecular formula is C23H27N3O3S. The first-order chi connectivity index (χ1) is 14.5. The van der Waals surface area contributed by atoms with Gasteiger partial charge in [0.15, 0.2) is 5.13 Å². The van der Waals surface area contributed by atoms with Gasteiger partial charge in [0.05, 0.1) is 17.5 Å². The number of benzene rings is 1. The van der Waals surface area contributed by atoms with E-state index < -0.39 is 0 Å². The van der Waals surface area contributed by atoms with Crippen LogP contribution in [0.15, 0.2) is 24.3 Å². The van der Waals surface area contributed by atoms with E-state index in [0.717, 1.165) is 59.6 Å². The van der Waals surface area contributed by atoms with Gasteiger partial charge >= 0.3 is 0 Å². The second-order valence-corrected chi connectivity index (χ2v) is 9.38. The number of aromatic nitrogens is 1. The van der Waals surface area contributed by atoms with Gasteiger partial charge in [-0.15, -0.1) is 11.3 Å². The molecule has 2 fully saturated rings. The lowest BCUT2D eigenvalue weighted by molar-refractivity contribution is -0.142. The molecular weight excluding hydrogens is 398 g/mol. The summed E-state index contributed by atoms with van der Waals surface area (Å²) in [6.45, 7) is 3.90. The van der Waals surface area contributed by atoms with Crippen LogP contribution in [0.1, 0.15) is 49.5 Å². The Hall–Kier alpha value is -2.54. The summed E-state index contributed by atoms with van der Waals surface area (Å²) in [6, 6.07) is 8.34. The maximum absolute atomic E-state index is 12.6. The molecule has 2 unspecified atom stereocenters. The highest BCUT2D eigenvalue weighted by atomic mass is 32.1. The summed E-state index contributed by atoms with van der Waals surface area (Å²) in [7, 11) is 0. The molecule has 30 heavy (non-hydrogen) atoms. The fourth-order valence-electron chi connectivity index (χ4n) is 4.52. The van der Waals surface area contributed by atoms with Crippen molar-refractivity contribution in [1.29, 1.82) is 0 Å². The van der Waals surface area contributed by atoms with Gasteiger partial charge in [-0.1, -0.05) is 50.5 Å². The number of aryl methyl sites for hydroxylation is 2. The Labute approximate surface area is 180 Å². The standard InChI is InChI=1S/C23H27N3O3S/c1-3-6-15-9-11-16(12-10-15)20-14(2)30-23(25-20)24-19(27)13-26-21(28)17-7-4-5-8-18(17)22(26)29/h9-12,17-18H,3-8,13H2,1-2H3,(H,24,25,27). The predicted octanol–water partition coefficient (Wildman–Crippen LogP) is 4.18. The molecule has 158 valence electrons. The van der Waals surface area contributed by atoms with Crippen LogP contribution in [0.4, 0.5) is 5.13 Å². The van der Waals surface area contributed by atoms with Gasteiger partial charge in [-0.05, 0) is 31.7 Å². The zero-order chi connectivity index (χ0) is 21.3. The van der Waals surface area contributed by atoms with Gasteiger partial charge in [-0.2, -0.15) is 0 Å². The van der Waals surface area contributed by atoms with Crippen LogP contribution < -0.4 is 5.32 Å². The summed E-state index contributed by atoms with van der Waals surface area (Å²) in [6.07, 6.45) is 5.60. The van der Waals surface area contributed by atoms with E-state index in [1.807, 2.05) is 6.92 Å². The zero-order valence-corrected chi connectivity index (χ0v) is 18.3. The molecule has 1 aromatic carbocycles. The van der Waals surface area contributed by atoms with Crippen LogP contribution in [-0.4, -0.2) is 34.2 Å². The van der Waals surface area contributed by atoms with E-state index in [1.165, 1.54) is 16.9 Å². The fourth-order valence-corrected chi connectivity index (χ4v) is 5.38. The minimum absolute atomic E-state index is 0.192. The molecule has 4 rings (SSSR count).